The van der Waals surface area contributed by atoms with Crippen LogP contribution in [-0.2, 0) is 0 Å². The Morgan fingerprint density at radius 2 is 1.73 bits per heavy atom. The van der Waals surface area contributed by atoms with Crippen LogP contribution in [0, 0.1) is 19.2 Å². The van der Waals surface area contributed by atoms with Crippen LogP contribution in [0.1, 0.15) is 11.1 Å². The van der Waals surface area contributed by atoms with E-state index in [2.05, 4.69) is 4.98 Å². The summed E-state index contributed by atoms with van der Waals surface area (Å²) in [6.07, 6.45) is 0. The average Bonchev–Trinajstić information content (AvgIpc) is 1.85. The quantitative estimate of drug-likeness (QED) is 0.527. The van der Waals surface area contributed by atoms with Gasteiger partial charge in [-0.15, -0.1) is 5.75 Å². The van der Waals surface area contributed by atoms with Gasteiger partial charge in [0.25, 0.3) is 0 Å². The summed E-state index contributed by atoms with van der Waals surface area (Å²) < 4.78 is 0. The maximum absolute atomic E-state index is 10.9. The predicted octanol–water partition coefficient (Wildman–Crippen LogP) is 1.86. The number of rotatable bonds is 0. The molecule has 1 aromatic rings. The molecule has 0 radical (unpaired) electrons. The van der Waals surface area contributed by atoms with E-state index >= 15 is 0 Å². The summed E-state index contributed by atoms with van der Waals surface area (Å²) in [6.45, 7) is 3.48. The molecular formula is C8H8N2O. The van der Waals surface area contributed by atoms with E-state index in [1.54, 1.807) is 13.8 Å². The van der Waals surface area contributed by atoms with Crippen LogP contribution in [-0.4, -0.2) is 0 Å². The summed E-state index contributed by atoms with van der Waals surface area (Å²) in [5.41, 5.74) is 1.90. The molecule has 0 aliphatic rings. The molecular weight excluding hydrogens is 140 g/mol. The third kappa shape index (κ3) is 1.30. The molecule has 0 saturated heterocycles. The molecule has 0 fully saturated rings. The van der Waals surface area contributed by atoms with E-state index in [-0.39, 0.29) is 5.75 Å². The van der Waals surface area contributed by atoms with Gasteiger partial charge in [-0.05, 0) is 13.8 Å². The largest absolute Gasteiger partial charge is 0.872 e. The molecule has 11 heavy (non-hydrogen) atoms. The topological polar surface area (TPSA) is 51.2 Å². The van der Waals surface area contributed by atoms with Gasteiger partial charge in [-0.3, -0.25) is 0 Å². The number of nitrogens with zero attached hydrogens (tertiary/aromatic N) is 2. The molecule has 1 rings (SSSR count). The second-order valence-corrected chi connectivity index (χ2v) is 2.51. The molecule has 0 saturated carbocycles. The Labute approximate surface area is 64.9 Å². The lowest BCUT2D eigenvalue weighted by Gasteiger charge is -2.04. The highest BCUT2D eigenvalue weighted by Crippen LogP contribution is 2.26. The molecule has 0 amide bonds. The van der Waals surface area contributed by atoms with Crippen LogP contribution >= 0.6 is 0 Å². The molecule has 0 bridgehead atoms. The van der Waals surface area contributed by atoms with Gasteiger partial charge in [-0.1, -0.05) is 12.1 Å². The van der Waals surface area contributed by atoms with E-state index in [4.69, 9.17) is 5.39 Å². The number of diazo groups is 1. The summed E-state index contributed by atoms with van der Waals surface area (Å²) in [6, 6.07) is 2.89. The molecule has 56 valence electrons. The van der Waals surface area contributed by atoms with E-state index in [0.717, 1.165) is 0 Å². The van der Waals surface area contributed by atoms with Crippen molar-refractivity contribution in [2.75, 3.05) is 0 Å². The Hall–Kier alpha value is -1.56. The van der Waals surface area contributed by atoms with Crippen LogP contribution in [0.2, 0.25) is 0 Å². The van der Waals surface area contributed by atoms with Gasteiger partial charge >= 0.3 is 5.69 Å². The molecule has 0 atom stereocenters. The minimum atomic E-state index is -0.0487. The number of aryl methyl sites for hydroxylation is 2. The van der Waals surface area contributed by atoms with Crippen molar-refractivity contribution in [3.05, 3.63) is 28.2 Å². The third-order valence-corrected chi connectivity index (χ3v) is 1.56. The number of hydrogen-bond donors (Lipinski definition) is 0. The fourth-order valence-electron chi connectivity index (χ4n) is 1.07. The lowest BCUT2D eigenvalue weighted by atomic mass is 10.1. The SMILES string of the molecule is Cc1cc([O-])cc(C)c1[N+]#N. The highest BCUT2D eigenvalue weighted by atomic mass is 16.3. The van der Waals surface area contributed by atoms with Crippen LogP contribution in [0.4, 0.5) is 5.69 Å². The Kier molecular flexibility index (Phi) is 1.77. The monoisotopic (exact) mass is 148 g/mol. The van der Waals surface area contributed by atoms with Crippen LogP contribution in [0.15, 0.2) is 12.1 Å². The van der Waals surface area contributed by atoms with Crippen molar-refractivity contribution in [3.8, 4) is 5.75 Å². The Morgan fingerprint density at radius 1 is 1.27 bits per heavy atom. The Bertz CT molecular complexity index is 302. The third-order valence-electron chi connectivity index (χ3n) is 1.56. The summed E-state index contributed by atoms with van der Waals surface area (Å²) in [7, 11) is 0. The van der Waals surface area contributed by atoms with Crippen molar-refractivity contribution in [2.24, 2.45) is 0 Å². The average molecular weight is 148 g/mol. The standard InChI is InChI=1S/C8H8N2O/c1-5-3-7(11)4-6(2)8(5)10-9/h3-4H,1-2H3. The van der Waals surface area contributed by atoms with E-state index in [0.29, 0.717) is 16.8 Å². The van der Waals surface area contributed by atoms with Gasteiger partial charge in [-0.2, -0.15) is 0 Å². The lowest BCUT2D eigenvalue weighted by Crippen LogP contribution is -1.91. The van der Waals surface area contributed by atoms with Gasteiger partial charge in [0.1, 0.15) is 0 Å². The fourth-order valence-corrected chi connectivity index (χ4v) is 1.07. The zero-order valence-electron chi connectivity index (χ0n) is 6.46. The smallest absolute Gasteiger partial charge is 0.390 e. The second-order valence-electron chi connectivity index (χ2n) is 2.51. The first-order valence-electron chi connectivity index (χ1n) is 3.28. The van der Waals surface area contributed by atoms with Gasteiger partial charge in [0.15, 0.2) is 4.98 Å². The van der Waals surface area contributed by atoms with E-state index in [1.165, 1.54) is 12.1 Å². The van der Waals surface area contributed by atoms with Crippen molar-refractivity contribution in [1.82, 2.24) is 0 Å². The normalized spacial score (nSPS) is 9.18. The highest BCUT2D eigenvalue weighted by molar-refractivity contribution is 5.59. The van der Waals surface area contributed by atoms with Crippen molar-refractivity contribution in [1.29, 1.82) is 5.39 Å². The molecule has 0 unspecified atom stereocenters. The Balaban J connectivity index is 3.40. The van der Waals surface area contributed by atoms with Crippen molar-refractivity contribution in [2.45, 2.75) is 13.8 Å². The predicted molar refractivity (Wildman–Crippen MR) is 40.1 cm³/mol. The van der Waals surface area contributed by atoms with Crippen molar-refractivity contribution < 1.29 is 5.11 Å². The molecule has 0 aromatic heterocycles. The molecule has 0 N–H and O–H groups in total. The first kappa shape index (κ1) is 7.55. The maximum Gasteiger partial charge on any atom is 0.390 e. The summed E-state index contributed by atoms with van der Waals surface area (Å²) in [4.78, 5) is 3.07. The molecule has 0 aliphatic carbocycles. The van der Waals surface area contributed by atoms with E-state index in [1.807, 2.05) is 0 Å². The van der Waals surface area contributed by atoms with E-state index < -0.39 is 0 Å². The van der Waals surface area contributed by atoms with Gasteiger partial charge in [0.05, 0.1) is 0 Å². The molecule has 3 nitrogen and oxygen atoms in total. The van der Waals surface area contributed by atoms with Crippen LogP contribution in [0.25, 0.3) is 4.98 Å². The van der Waals surface area contributed by atoms with Gasteiger partial charge in [0.2, 0.25) is 5.39 Å². The lowest BCUT2D eigenvalue weighted by molar-refractivity contribution is -0.268. The van der Waals surface area contributed by atoms with Crippen LogP contribution < -0.4 is 5.11 Å². The van der Waals surface area contributed by atoms with Gasteiger partial charge < -0.3 is 5.11 Å². The molecule has 0 aliphatic heterocycles. The first-order valence-corrected chi connectivity index (χ1v) is 3.28. The maximum atomic E-state index is 10.9. The van der Waals surface area contributed by atoms with Crippen LogP contribution in [0.5, 0.6) is 5.75 Å². The van der Waals surface area contributed by atoms with Crippen molar-refractivity contribution >= 4 is 5.69 Å². The zero-order chi connectivity index (χ0) is 8.43. The summed E-state index contributed by atoms with van der Waals surface area (Å²) in [5, 5.41) is 19.4. The van der Waals surface area contributed by atoms with Crippen LogP contribution in [0.3, 0.4) is 0 Å². The summed E-state index contributed by atoms with van der Waals surface area (Å²) in [5.74, 6) is -0.0487. The Morgan fingerprint density at radius 3 is 2.09 bits per heavy atom. The fraction of sp³-hybridized carbons (Fsp3) is 0.250. The van der Waals surface area contributed by atoms with Crippen molar-refractivity contribution in [3.63, 3.8) is 0 Å². The minimum absolute atomic E-state index is 0.0487. The minimum Gasteiger partial charge on any atom is -0.872 e. The highest BCUT2D eigenvalue weighted by Gasteiger charge is 2.12. The van der Waals surface area contributed by atoms with E-state index in [9.17, 15) is 5.11 Å². The molecule has 3 heteroatoms. The molecule has 0 heterocycles. The van der Waals surface area contributed by atoms with Gasteiger partial charge in [-0.25, -0.2) is 0 Å². The zero-order valence-corrected chi connectivity index (χ0v) is 6.46. The second kappa shape index (κ2) is 2.59. The number of hydrogen-bond acceptors (Lipinski definition) is 2. The molecule has 0 spiro atoms. The van der Waals surface area contributed by atoms with Gasteiger partial charge in [0, 0.05) is 11.1 Å². The first-order chi connectivity index (χ1) is 5.15. The molecule has 1 aromatic carbocycles. The number of benzene rings is 1. The summed E-state index contributed by atoms with van der Waals surface area (Å²) >= 11 is 0.